The molecule has 0 spiro atoms. The molecule has 0 unspecified atom stereocenters. The van der Waals surface area contributed by atoms with Gasteiger partial charge in [0.25, 0.3) is 0 Å². The highest BCUT2D eigenvalue weighted by molar-refractivity contribution is 5.96. The van der Waals surface area contributed by atoms with Crippen molar-refractivity contribution in [3.8, 4) is 0 Å². The van der Waals surface area contributed by atoms with Crippen molar-refractivity contribution in [1.82, 2.24) is 10.2 Å². The van der Waals surface area contributed by atoms with Crippen molar-refractivity contribution in [3.05, 3.63) is 24.3 Å². The van der Waals surface area contributed by atoms with Gasteiger partial charge in [-0.05, 0) is 64.3 Å². The third-order valence-corrected chi connectivity index (χ3v) is 4.68. The van der Waals surface area contributed by atoms with E-state index in [2.05, 4.69) is 16.0 Å². The topological polar surface area (TPSA) is 82.7 Å². The standard InChI is InChI=1S/C19H30N4O3/c1-23(2)13-8-17(24)21-15-4-6-16(7-5-15)22-18(25)19(14-26-3)9-11-20-12-10-19/h4-7,20H,8-14H2,1-3H3,(H,21,24)(H,22,25). The summed E-state index contributed by atoms with van der Waals surface area (Å²) in [5.74, 6) is -0.0344. The number of methoxy groups -OCH3 is 1. The normalized spacial score (nSPS) is 16.3. The van der Waals surface area contributed by atoms with Gasteiger partial charge in [-0.15, -0.1) is 0 Å². The number of anilines is 2. The fourth-order valence-electron chi connectivity index (χ4n) is 3.07. The Morgan fingerprint density at radius 3 is 2.23 bits per heavy atom. The Balaban J connectivity index is 1.93. The lowest BCUT2D eigenvalue weighted by atomic mass is 9.78. The fraction of sp³-hybridized carbons (Fsp3) is 0.579. The molecule has 1 aliphatic heterocycles. The number of rotatable bonds is 8. The molecule has 1 heterocycles. The van der Waals surface area contributed by atoms with Crippen LogP contribution in [0.15, 0.2) is 24.3 Å². The summed E-state index contributed by atoms with van der Waals surface area (Å²) in [4.78, 5) is 26.6. The molecule has 144 valence electrons. The Labute approximate surface area is 155 Å². The number of nitrogens with one attached hydrogen (secondary N) is 3. The molecule has 1 aliphatic rings. The van der Waals surface area contributed by atoms with Crippen molar-refractivity contribution < 1.29 is 14.3 Å². The molecule has 1 fully saturated rings. The maximum Gasteiger partial charge on any atom is 0.233 e. The molecular weight excluding hydrogens is 332 g/mol. The minimum atomic E-state index is -0.487. The summed E-state index contributed by atoms with van der Waals surface area (Å²) >= 11 is 0. The molecule has 3 N–H and O–H groups in total. The molecule has 0 atom stereocenters. The molecule has 2 amide bonds. The smallest absolute Gasteiger partial charge is 0.233 e. The summed E-state index contributed by atoms with van der Waals surface area (Å²) < 4.78 is 5.31. The van der Waals surface area contributed by atoms with Gasteiger partial charge < -0.3 is 25.6 Å². The van der Waals surface area contributed by atoms with E-state index in [1.807, 2.05) is 19.0 Å². The molecule has 0 aromatic heterocycles. The third-order valence-electron chi connectivity index (χ3n) is 4.68. The highest BCUT2D eigenvalue weighted by Gasteiger charge is 2.39. The second-order valence-corrected chi connectivity index (χ2v) is 7.10. The summed E-state index contributed by atoms with van der Waals surface area (Å²) in [5, 5.41) is 9.13. The molecule has 2 rings (SSSR count). The molecule has 1 saturated heterocycles. The summed E-state index contributed by atoms with van der Waals surface area (Å²) in [5.41, 5.74) is 0.953. The maximum absolute atomic E-state index is 12.8. The zero-order valence-electron chi connectivity index (χ0n) is 15.9. The number of carbonyl (C=O) groups is 2. The van der Waals surface area contributed by atoms with Crippen LogP contribution >= 0.6 is 0 Å². The van der Waals surface area contributed by atoms with E-state index in [4.69, 9.17) is 4.74 Å². The van der Waals surface area contributed by atoms with Gasteiger partial charge in [0.15, 0.2) is 0 Å². The van der Waals surface area contributed by atoms with Gasteiger partial charge in [0.05, 0.1) is 12.0 Å². The lowest BCUT2D eigenvalue weighted by Gasteiger charge is -2.35. The van der Waals surface area contributed by atoms with E-state index in [-0.39, 0.29) is 11.8 Å². The minimum absolute atomic E-state index is 0.0105. The first-order chi connectivity index (χ1) is 12.4. The molecule has 0 aliphatic carbocycles. The van der Waals surface area contributed by atoms with E-state index in [1.54, 1.807) is 31.4 Å². The number of nitrogens with zero attached hydrogens (tertiary/aromatic N) is 1. The molecule has 1 aromatic rings. The summed E-state index contributed by atoms with van der Waals surface area (Å²) in [6, 6.07) is 7.21. The van der Waals surface area contributed by atoms with Crippen LogP contribution in [0.1, 0.15) is 19.3 Å². The van der Waals surface area contributed by atoms with Crippen LogP contribution in [0.25, 0.3) is 0 Å². The van der Waals surface area contributed by atoms with E-state index >= 15 is 0 Å². The van der Waals surface area contributed by atoms with Crippen LogP contribution in [0.5, 0.6) is 0 Å². The largest absolute Gasteiger partial charge is 0.384 e. The second kappa shape index (κ2) is 9.66. The van der Waals surface area contributed by atoms with Crippen molar-refractivity contribution in [2.24, 2.45) is 5.41 Å². The van der Waals surface area contributed by atoms with Gasteiger partial charge in [0, 0.05) is 31.5 Å². The van der Waals surface area contributed by atoms with Crippen LogP contribution in [0.2, 0.25) is 0 Å². The van der Waals surface area contributed by atoms with Gasteiger partial charge in [-0.25, -0.2) is 0 Å². The van der Waals surface area contributed by atoms with E-state index < -0.39 is 5.41 Å². The van der Waals surface area contributed by atoms with E-state index in [9.17, 15) is 9.59 Å². The van der Waals surface area contributed by atoms with E-state index in [0.29, 0.717) is 19.6 Å². The van der Waals surface area contributed by atoms with Crippen LogP contribution in [-0.4, -0.2) is 64.2 Å². The molecule has 7 heteroatoms. The molecule has 26 heavy (non-hydrogen) atoms. The summed E-state index contributed by atoms with van der Waals surface area (Å²) in [6.07, 6.45) is 1.96. The van der Waals surface area contributed by atoms with Crippen molar-refractivity contribution in [3.63, 3.8) is 0 Å². The zero-order chi connectivity index (χ0) is 19.0. The first kappa shape index (κ1) is 20.4. The quantitative estimate of drug-likeness (QED) is 0.653. The van der Waals surface area contributed by atoms with Gasteiger partial charge in [0.2, 0.25) is 11.8 Å². The average molecular weight is 362 g/mol. The molecule has 0 saturated carbocycles. The Morgan fingerprint density at radius 1 is 1.12 bits per heavy atom. The van der Waals surface area contributed by atoms with E-state index in [1.165, 1.54) is 0 Å². The third kappa shape index (κ3) is 5.79. The molecular formula is C19H30N4O3. The Kier molecular flexibility index (Phi) is 7.56. The molecule has 0 bridgehead atoms. The predicted molar refractivity (Wildman–Crippen MR) is 103 cm³/mol. The van der Waals surface area contributed by atoms with Crippen molar-refractivity contribution >= 4 is 23.2 Å². The number of hydrogen-bond acceptors (Lipinski definition) is 5. The van der Waals surface area contributed by atoms with Gasteiger partial charge in [-0.3, -0.25) is 9.59 Å². The van der Waals surface area contributed by atoms with Crippen LogP contribution in [0.4, 0.5) is 11.4 Å². The average Bonchev–Trinajstić information content (AvgIpc) is 2.62. The molecule has 7 nitrogen and oxygen atoms in total. The first-order valence-electron chi connectivity index (χ1n) is 9.01. The number of hydrogen-bond donors (Lipinski definition) is 3. The van der Waals surface area contributed by atoms with Crippen LogP contribution in [-0.2, 0) is 14.3 Å². The SMILES string of the molecule is COCC1(C(=O)Nc2ccc(NC(=O)CCN(C)C)cc2)CCNCC1. The number of piperidine rings is 1. The Bertz CT molecular complexity index is 590. The minimum Gasteiger partial charge on any atom is -0.384 e. The monoisotopic (exact) mass is 362 g/mol. The maximum atomic E-state index is 12.8. The molecule has 1 aromatic carbocycles. The lowest BCUT2D eigenvalue weighted by molar-refractivity contribution is -0.130. The summed E-state index contributed by atoms with van der Waals surface area (Å²) in [6.45, 7) is 2.75. The second-order valence-electron chi connectivity index (χ2n) is 7.10. The first-order valence-corrected chi connectivity index (χ1v) is 9.01. The highest BCUT2D eigenvalue weighted by atomic mass is 16.5. The predicted octanol–water partition coefficient (Wildman–Crippen LogP) is 1.53. The van der Waals surface area contributed by atoms with Gasteiger partial charge >= 0.3 is 0 Å². The van der Waals surface area contributed by atoms with Gasteiger partial charge in [-0.2, -0.15) is 0 Å². The van der Waals surface area contributed by atoms with Crippen molar-refractivity contribution in [1.29, 1.82) is 0 Å². The lowest BCUT2D eigenvalue weighted by Crippen LogP contribution is -2.47. The fourth-order valence-corrected chi connectivity index (χ4v) is 3.07. The Hall–Kier alpha value is -1.96. The highest BCUT2D eigenvalue weighted by Crippen LogP contribution is 2.31. The van der Waals surface area contributed by atoms with Crippen LogP contribution in [0, 0.1) is 5.41 Å². The number of amides is 2. The van der Waals surface area contributed by atoms with Crippen molar-refractivity contribution in [2.75, 3.05) is 58.1 Å². The van der Waals surface area contributed by atoms with Crippen LogP contribution in [0.3, 0.4) is 0 Å². The van der Waals surface area contributed by atoms with Gasteiger partial charge in [0.1, 0.15) is 0 Å². The van der Waals surface area contributed by atoms with E-state index in [0.717, 1.165) is 37.3 Å². The number of benzene rings is 1. The van der Waals surface area contributed by atoms with Gasteiger partial charge in [-0.1, -0.05) is 0 Å². The summed E-state index contributed by atoms with van der Waals surface area (Å²) in [7, 11) is 5.50. The van der Waals surface area contributed by atoms with Crippen molar-refractivity contribution in [2.45, 2.75) is 19.3 Å². The molecule has 0 radical (unpaired) electrons. The van der Waals surface area contributed by atoms with Crippen LogP contribution < -0.4 is 16.0 Å². The number of ether oxygens (including phenoxy) is 1. The zero-order valence-corrected chi connectivity index (χ0v) is 15.9. The number of carbonyl (C=O) groups excluding carboxylic acids is 2. The Morgan fingerprint density at radius 2 is 1.69 bits per heavy atom.